The fourth-order valence-corrected chi connectivity index (χ4v) is 3.34. The number of alkyl halides is 3. The molecule has 0 unspecified atom stereocenters. The lowest BCUT2D eigenvalue weighted by Gasteiger charge is -2.08. The maximum absolute atomic E-state index is 12.0. The first-order valence-electron chi connectivity index (χ1n) is 6.03. The Labute approximate surface area is 125 Å². The molecule has 0 amide bonds. The molecule has 0 fully saturated rings. The quantitative estimate of drug-likeness (QED) is 0.776. The average molecular weight is 340 g/mol. The molecular weight excluding hydrogens is 325 g/mol. The Morgan fingerprint density at radius 2 is 2.10 bits per heavy atom. The minimum Gasteiger partial charge on any atom is -0.320 e. The van der Waals surface area contributed by atoms with Crippen molar-refractivity contribution in [3.8, 4) is 11.8 Å². The van der Waals surface area contributed by atoms with E-state index in [2.05, 4.69) is 16.6 Å². The van der Waals surface area contributed by atoms with Crippen molar-refractivity contribution in [3.05, 3.63) is 21.9 Å². The number of rotatable bonds is 6. The first-order valence-corrected chi connectivity index (χ1v) is 8.56. The van der Waals surface area contributed by atoms with E-state index in [0.717, 1.165) is 0 Å². The van der Waals surface area contributed by atoms with Gasteiger partial charge in [0.05, 0.1) is 12.3 Å². The summed E-state index contributed by atoms with van der Waals surface area (Å²) in [7, 11) is -3.73. The van der Waals surface area contributed by atoms with E-state index < -0.39 is 34.8 Å². The first-order chi connectivity index (χ1) is 9.73. The predicted octanol–water partition coefficient (Wildman–Crippen LogP) is 1.82. The number of thiophene rings is 1. The topological polar surface area (TPSA) is 72.2 Å². The summed E-state index contributed by atoms with van der Waals surface area (Å²) < 4.78 is 61.4. The second-order valence-corrected chi connectivity index (χ2v) is 7.05. The Bertz CT molecular complexity index is 612. The summed E-state index contributed by atoms with van der Waals surface area (Å²) in [6.45, 7) is 0.207. The van der Waals surface area contributed by atoms with Gasteiger partial charge in [-0.05, 0) is 17.9 Å². The van der Waals surface area contributed by atoms with Crippen LogP contribution in [-0.2, 0) is 16.6 Å². The lowest BCUT2D eigenvalue weighted by Crippen LogP contribution is -2.26. The van der Waals surface area contributed by atoms with Gasteiger partial charge < -0.3 is 5.73 Å². The highest BCUT2D eigenvalue weighted by Gasteiger charge is 2.27. The zero-order chi connectivity index (χ0) is 15.9. The van der Waals surface area contributed by atoms with E-state index in [0.29, 0.717) is 10.4 Å². The second kappa shape index (κ2) is 7.79. The van der Waals surface area contributed by atoms with Crippen LogP contribution in [0.25, 0.3) is 0 Å². The molecule has 0 spiro atoms. The highest BCUT2D eigenvalue weighted by molar-refractivity contribution is 7.89. The smallest absolute Gasteiger partial charge is 0.320 e. The van der Waals surface area contributed by atoms with Crippen molar-refractivity contribution in [2.45, 2.75) is 25.6 Å². The molecule has 3 N–H and O–H groups in total. The van der Waals surface area contributed by atoms with Gasteiger partial charge in [-0.1, -0.05) is 11.8 Å². The molecule has 0 aliphatic rings. The Hall–Kier alpha value is -1.08. The molecule has 0 radical (unpaired) electrons. The molecule has 0 saturated carbocycles. The molecule has 1 rings (SSSR count). The lowest BCUT2D eigenvalue weighted by atomic mass is 10.2. The number of halogens is 3. The summed E-state index contributed by atoms with van der Waals surface area (Å²) in [6, 6.07) is 1.74. The van der Waals surface area contributed by atoms with Crippen LogP contribution in [0.5, 0.6) is 0 Å². The number of sulfonamides is 1. The summed E-state index contributed by atoms with van der Waals surface area (Å²) >= 11 is 1.32. The second-order valence-electron chi connectivity index (χ2n) is 4.12. The molecule has 0 aliphatic heterocycles. The Morgan fingerprint density at radius 1 is 1.38 bits per heavy atom. The van der Waals surface area contributed by atoms with Gasteiger partial charge in [0.2, 0.25) is 10.0 Å². The SMILES string of the molecule is NCC#Cc1ccsc1CNS(=O)(=O)CCCC(F)(F)F. The van der Waals surface area contributed by atoms with Crippen LogP contribution in [0, 0.1) is 11.8 Å². The third-order valence-electron chi connectivity index (χ3n) is 2.40. The first kappa shape index (κ1) is 18.0. The van der Waals surface area contributed by atoms with Gasteiger partial charge in [-0.15, -0.1) is 11.3 Å². The maximum atomic E-state index is 12.0. The summed E-state index contributed by atoms with van der Waals surface area (Å²) in [5.74, 6) is 4.91. The molecule has 1 aromatic heterocycles. The van der Waals surface area contributed by atoms with Crippen LogP contribution in [0.15, 0.2) is 11.4 Å². The van der Waals surface area contributed by atoms with Crippen molar-refractivity contribution in [2.24, 2.45) is 5.73 Å². The van der Waals surface area contributed by atoms with Crippen molar-refractivity contribution in [1.82, 2.24) is 4.72 Å². The molecule has 4 nitrogen and oxygen atoms in total. The summed E-state index contributed by atoms with van der Waals surface area (Å²) in [5, 5.41) is 1.76. The Morgan fingerprint density at radius 3 is 2.71 bits per heavy atom. The van der Waals surface area contributed by atoms with Crippen molar-refractivity contribution >= 4 is 21.4 Å². The molecule has 0 atom stereocenters. The van der Waals surface area contributed by atoms with Crippen molar-refractivity contribution in [1.29, 1.82) is 0 Å². The van der Waals surface area contributed by atoms with Gasteiger partial charge >= 0.3 is 6.18 Å². The molecule has 0 saturated heterocycles. The molecule has 21 heavy (non-hydrogen) atoms. The van der Waals surface area contributed by atoms with Crippen molar-refractivity contribution < 1.29 is 21.6 Å². The highest BCUT2D eigenvalue weighted by atomic mass is 32.2. The molecule has 0 aliphatic carbocycles. The fraction of sp³-hybridized carbons (Fsp3) is 0.500. The van der Waals surface area contributed by atoms with Crippen LogP contribution in [0.4, 0.5) is 13.2 Å². The standard InChI is InChI=1S/C12H15F3N2O2S2/c13-12(14,15)5-2-8-21(18,19)17-9-11-10(3-1-6-16)4-7-20-11/h4,7,17H,2,5-6,8-9,16H2. The van der Waals surface area contributed by atoms with Crippen molar-refractivity contribution in [3.63, 3.8) is 0 Å². The molecule has 0 bridgehead atoms. The zero-order valence-corrected chi connectivity index (χ0v) is 12.7. The van der Waals surface area contributed by atoms with E-state index in [1.165, 1.54) is 11.3 Å². The van der Waals surface area contributed by atoms with Gasteiger partial charge in [-0.3, -0.25) is 0 Å². The maximum Gasteiger partial charge on any atom is 0.389 e. The van der Waals surface area contributed by atoms with E-state index in [9.17, 15) is 21.6 Å². The molecule has 118 valence electrons. The normalized spacial score (nSPS) is 12.0. The third-order valence-corrected chi connectivity index (χ3v) is 4.73. The van der Waals surface area contributed by atoms with Crippen molar-refractivity contribution in [2.75, 3.05) is 12.3 Å². The van der Waals surface area contributed by atoms with E-state index in [1.807, 2.05) is 0 Å². The zero-order valence-electron chi connectivity index (χ0n) is 11.0. The van der Waals surface area contributed by atoms with E-state index in [4.69, 9.17) is 5.73 Å². The van der Waals surface area contributed by atoms with Gasteiger partial charge in [0.15, 0.2) is 0 Å². The van der Waals surface area contributed by atoms with E-state index >= 15 is 0 Å². The van der Waals surface area contributed by atoms with Crippen LogP contribution in [0.2, 0.25) is 0 Å². The summed E-state index contributed by atoms with van der Waals surface area (Å²) in [5.41, 5.74) is 5.92. The van der Waals surface area contributed by atoms with Gasteiger partial charge in [0, 0.05) is 23.4 Å². The molecular formula is C12H15F3N2O2S2. The number of hydrogen-bond donors (Lipinski definition) is 2. The van der Waals surface area contributed by atoms with Gasteiger partial charge in [0.1, 0.15) is 0 Å². The Balaban J connectivity index is 2.52. The van der Waals surface area contributed by atoms with Gasteiger partial charge in [-0.2, -0.15) is 13.2 Å². The minimum absolute atomic E-state index is 0.0145. The van der Waals surface area contributed by atoms with Gasteiger partial charge in [-0.25, -0.2) is 13.1 Å². The van der Waals surface area contributed by atoms with Gasteiger partial charge in [0.25, 0.3) is 0 Å². The number of nitrogens with one attached hydrogen (secondary N) is 1. The third kappa shape index (κ3) is 7.47. The molecule has 0 aromatic carbocycles. The van der Waals surface area contributed by atoms with Crippen LogP contribution in [0.1, 0.15) is 23.3 Å². The van der Waals surface area contributed by atoms with Crippen LogP contribution >= 0.6 is 11.3 Å². The fourth-order valence-electron chi connectivity index (χ4n) is 1.45. The monoisotopic (exact) mass is 340 g/mol. The average Bonchev–Trinajstić information content (AvgIpc) is 2.79. The Kier molecular flexibility index (Phi) is 6.67. The molecule has 1 heterocycles. The largest absolute Gasteiger partial charge is 0.389 e. The van der Waals surface area contributed by atoms with Crippen LogP contribution in [-0.4, -0.2) is 26.9 Å². The summed E-state index contributed by atoms with van der Waals surface area (Å²) in [4.78, 5) is 0.704. The molecule has 9 heteroatoms. The predicted molar refractivity (Wildman–Crippen MR) is 76.2 cm³/mol. The molecule has 1 aromatic rings. The van der Waals surface area contributed by atoms with E-state index in [-0.39, 0.29) is 13.1 Å². The van der Waals surface area contributed by atoms with Crippen LogP contribution in [0.3, 0.4) is 0 Å². The van der Waals surface area contributed by atoms with Crippen LogP contribution < -0.4 is 10.5 Å². The number of nitrogens with two attached hydrogens (primary N) is 1. The summed E-state index contributed by atoms with van der Waals surface area (Å²) in [6.07, 6.45) is -5.91. The van der Waals surface area contributed by atoms with E-state index in [1.54, 1.807) is 11.4 Å². The number of hydrogen-bond acceptors (Lipinski definition) is 4. The highest BCUT2D eigenvalue weighted by Crippen LogP contribution is 2.21. The minimum atomic E-state index is -4.34. The lowest BCUT2D eigenvalue weighted by molar-refractivity contribution is -0.134.